The number of carbonyl (C=O) groups is 1. The molecule has 1 amide bonds. The van der Waals surface area contributed by atoms with E-state index in [1.807, 2.05) is 0 Å². The zero-order valence-electron chi connectivity index (χ0n) is 17.0. The van der Waals surface area contributed by atoms with E-state index in [2.05, 4.69) is 10.5 Å². The summed E-state index contributed by atoms with van der Waals surface area (Å²) in [6, 6.07) is 11.6. The van der Waals surface area contributed by atoms with Crippen LogP contribution in [-0.2, 0) is 26.0 Å². The molecular formula is C21H23Cl2N3O4S. The van der Waals surface area contributed by atoms with Gasteiger partial charge in [0.2, 0.25) is 15.9 Å². The van der Waals surface area contributed by atoms with Crippen molar-refractivity contribution in [3.05, 3.63) is 63.6 Å². The van der Waals surface area contributed by atoms with Gasteiger partial charge in [0.1, 0.15) is 0 Å². The highest BCUT2D eigenvalue weighted by atomic mass is 35.5. The van der Waals surface area contributed by atoms with Gasteiger partial charge in [-0.2, -0.15) is 9.41 Å². The molecule has 0 bridgehead atoms. The predicted molar refractivity (Wildman–Crippen MR) is 121 cm³/mol. The molecule has 166 valence electrons. The third kappa shape index (κ3) is 6.27. The summed E-state index contributed by atoms with van der Waals surface area (Å²) in [5, 5.41) is 5.07. The number of hydrazone groups is 1. The lowest BCUT2D eigenvalue weighted by molar-refractivity contribution is -0.121. The van der Waals surface area contributed by atoms with Crippen molar-refractivity contribution >= 4 is 44.8 Å². The molecule has 0 aliphatic carbocycles. The highest BCUT2D eigenvalue weighted by Crippen LogP contribution is 2.21. The molecule has 2 aromatic carbocycles. The van der Waals surface area contributed by atoms with Crippen LogP contribution in [0.2, 0.25) is 10.0 Å². The van der Waals surface area contributed by atoms with Gasteiger partial charge in [0.15, 0.2) is 0 Å². The number of amides is 1. The Labute approximate surface area is 192 Å². The first-order valence-electron chi connectivity index (χ1n) is 9.73. The monoisotopic (exact) mass is 483 g/mol. The van der Waals surface area contributed by atoms with Crippen molar-refractivity contribution in [1.29, 1.82) is 0 Å². The quantitative estimate of drug-likeness (QED) is 0.482. The highest BCUT2D eigenvalue weighted by Gasteiger charge is 2.26. The van der Waals surface area contributed by atoms with E-state index in [0.717, 1.165) is 5.56 Å². The summed E-state index contributed by atoms with van der Waals surface area (Å²) < 4.78 is 31.9. The molecule has 0 spiro atoms. The van der Waals surface area contributed by atoms with Gasteiger partial charge in [0, 0.05) is 30.1 Å². The van der Waals surface area contributed by atoms with E-state index >= 15 is 0 Å². The Bertz CT molecular complexity index is 1070. The molecule has 10 heteroatoms. The van der Waals surface area contributed by atoms with Crippen molar-refractivity contribution in [2.75, 3.05) is 26.3 Å². The van der Waals surface area contributed by atoms with Crippen LogP contribution in [0.4, 0.5) is 0 Å². The second kappa shape index (κ2) is 10.6. The van der Waals surface area contributed by atoms with Crippen LogP contribution >= 0.6 is 23.2 Å². The van der Waals surface area contributed by atoms with Crippen molar-refractivity contribution in [3.8, 4) is 0 Å². The SMILES string of the molecule is C/C(=N\NC(=O)CCc1ccc(S(=O)(=O)N2CCOCC2)cc1)c1ccc(Cl)cc1Cl. The molecule has 1 aliphatic heterocycles. The highest BCUT2D eigenvalue weighted by molar-refractivity contribution is 7.89. The first kappa shape index (κ1) is 23.7. The maximum Gasteiger partial charge on any atom is 0.243 e. The molecule has 0 atom stereocenters. The number of rotatable bonds is 7. The molecule has 31 heavy (non-hydrogen) atoms. The van der Waals surface area contributed by atoms with Gasteiger partial charge in [0.05, 0.1) is 28.8 Å². The summed E-state index contributed by atoms with van der Waals surface area (Å²) in [5.74, 6) is -0.255. The van der Waals surface area contributed by atoms with Crippen molar-refractivity contribution < 1.29 is 17.9 Å². The van der Waals surface area contributed by atoms with E-state index in [9.17, 15) is 13.2 Å². The molecule has 1 heterocycles. The number of benzene rings is 2. The van der Waals surface area contributed by atoms with Gasteiger partial charge in [0.25, 0.3) is 0 Å². The minimum atomic E-state index is -3.52. The lowest BCUT2D eigenvalue weighted by Gasteiger charge is -2.26. The molecule has 3 rings (SSSR count). The lowest BCUT2D eigenvalue weighted by atomic mass is 10.1. The Hall–Kier alpha value is -1.97. The van der Waals surface area contributed by atoms with E-state index in [1.54, 1.807) is 49.4 Å². The maximum atomic E-state index is 12.6. The number of hydrogen-bond acceptors (Lipinski definition) is 5. The van der Waals surface area contributed by atoms with Crippen LogP contribution < -0.4 is 5.43 Å². The zero-order chi connectivity index (χ0) is 22.4. The maximum absolute atomic E-state index is 12.6. The molecule has 1 fully saturated rings. The van der Waals surface area contributed by atoms with Crippen LogP contribution in [0.15, 0.2) is 52.5 Å². The number of sulfonamides is 1. The van der Waals surface area contributed by atoms with Crippen LogP contribution in [0.1, 0.15) is 24.5 Å². The van der Waals surface area contributed by atoms with E-state index < -0.39 is 10.0 Å². The summed E-state index contributed by atoms with van der Waals surface area (Å²) in [6.45, 7) is 3.25. The van der Waals surface area contributed by atoms with E-state index in [4.69, 9.17) is 27.9 Å². The Balaban J connectivity index is 1.54. The molecule has 7 nitrogen and oxygen atoms in total. The molecule has 0 aromatic heterocycles. The fourth-order valence-electron chi connectivity index (χ4n) is 3.07. The average Bonchev–Trinajstić information content (AvgIpc) is 2.77. The molecular weight excluding hydrogens is 461 g/mol. The van der Waals surface area contributed by atoms with Crippen LogP contribution in [0.5, 0.6) is 0 Å². The Morgan fingerprint density at radius 3 is 2.45 bits per heavy atom. The second-order valence-corrected chi connectivity index (χ2v) is 9.80. The third-order valence-corrected chi connectivity index (χ3v) is 7.30. The van der Waals surface area contributed by atoms with Crippen molar-refractivity contribution in [1.82, 2.24) is 9.73 Å². The van der Waals surface area contributed by atoms with Gasteiger partial charge < -0.3 is 4.74 Å². The molecule has 0 radical (unpaired) electrons. The van der Waals surface area contributed by atoms with Gasteiger partial charge in [-0.15, -0.1) is 0 Å². The molecule has 1 N–H and O–H groups in total. The topological polar surface area (TPSA) is 88.1 Å². The molecule has 2 aromatic rings. The number of ether oxygens (including phenoxy) is 1. The third-order valence-electron chi connectivity index (χ3n) is 4.84. The molecule has 1 saturated heterocycles. The number of aryl methyl sites for hydroxylation is 1. The van der Waals surface area contributed by atoms with Crippen LogP contribution in [0.3, 0.4) is 0 Å². The van der Waals surface area contributed by atoms with Crippen LogP contribution in [0.25, 0.3) is 0 Å². The molecule has 0 unspecified atom stereocenters. The smallest absolute Gasteiger partial charge is 0.243 e. The predicted octanol–water partition coefficient (Wildman–Crippen LogP) is 3.49. The van der Waals surface area contributed by atoms with Gasteiger partial charge in [-0.1, -0.05) is 41.4 Å². The number of hydrogen-bond donors (Lipinski definition) is 1. The van der Waals surface area contributed by atoms with Crippen molar-refractivity contribution in [3.63, 3.8) is 0 Å². The van der Waals surface area contributed by atoms with Gasteiger partial charge >= 0.3 is 0 Å². The van der Waals surface area contributed by atoms with Gasteiger partial charge in [-0.3, -0.25) is 4.79 Å². The first-order chi connectivity index (χ1) is 14.8. The minimum Gasteiger partial charge on any atom is -0.379 e. The number of halogens is 2. The first-order valence-corrected chi connectivity index (χ1v) is 11.9. The Morgan fingerprint density at radius 1 is 1.13 bits per heavy atom. The summed E-state index contributed by atoms with van der Waals surface area (Å²) in [5.41, 5.74) is 4.62. The number of nitrogens with zero attached hydrogens (tertiary/aromatic N) is 2. The van der Waals surface area contributed by atoms with Crippen molar-refractivity contribution in [2.24, 2.45) is 5.10 Å². The summed E-state index contributed by atoms with van der Waals surface area (Å²) in [7, 11) is -3.52. The van der Waals surface area contributed by atoms with E-state index in [-0.39, 0.29) is 17.2 Å². The number of nitrogens with one attached hydrogen (secondary N) is 1. The second-order valence-electron chi connectivity index (χ2n) is 7.02. The standard InChI is InChI=1S/C21H23Cl2N3O4S/c1-15(19-8-5-17(22)14-20(19)23)24-25-21(27)9-4-16-2-6-18(7-3-16)31(28,29)26-10-12-30-13-11-26/h2-3,5-8,14H,4,9-13H2,1H3,(H,25,27)/b24-15+. The van der Waals surface area contributed by atoms with Crippen LogP contribution in [-0.4, -0.2) is 50.6 Å². The van der Waals surface area contributed by atoms with Crippen LogP contribution in [0, 0.1) is 0 Å². The fourth-order valence-corrected chi connectivity index (χ4v) is 5.02. The largest absolute Gasteiger partial charge is 0.379 e. The van der Waals surface area contributed by atoms with E-state index in [1.165, 1.54) is 4.31 Å². The van der Waals surface area contributed by atoms with Gasteiger partial charge in [-0.25, -0.2) is 13.8 Å². The van der Waals surface area contributed by atoms with Gasteiger partial charge in [-0.05, 0) is 43.2 Å². The summed E-state index contributed by atoms with van der Waals surface area (Å²) >= 11 is 12.0. The summed E-state index contributed by atoms with van der Waals surface area (Å²) in [6.07, 6.45) is 0.667. The molecule has 0 saturated carbocycles. The normalized spacial score (nSPS) is 15.6. The fraction of sp³-hybridized carbons (Fsp3) is 0.333. The lowest BCUT2D eigenvalue weighted by Crippen LogP contribution is -2.40. The Kier molecular flexibility index (Phi) is 8.07. The number of morpholine rings is 1. The van der Waals surface area contributed by atoms with Crippen molar-refractivity contribution in [2.45, 2.75) is 24.7 Å². The average molecular weight is 484 g/mol. The minimum absolute atomic E-state index is 0.209. The van der Waals surface area contributed by atoms with E-state index in [0.29, 0.717) is 54.0 Å². The number of carbonyl (C=O) groups excluding carboxylic acids is 1. The summed E-state index contributed by atoms with van der Waals surface area (Å²) in [4.78, 5) is 12.4. The zero-order valence-corrected chi connectivity index (χ0v) is 19.3. The Morgan fingerprint density at radius 2 is 1.81 bits per heavy atom. The molecule has 1 aliphatic rings.